The average molecular weight is 308 g/mol. The van der Waals surface area contributed by atoms with Crippen molar-refractivity contribution in [1.82, 2.24) is 0 Å². The van der Waals surface area contributed by atoms with Crippen LogP contribution in [-0.4, -0.2) is 25.6 Å². The van der Waals surface area contributed by atoms with Crippen LogP contribution in [0.25, 0.3) is 0 Å². The molecule has 9 heteroatoms. The van der Waals surface area contributed by atoms with E-state index < -0.39 is 38.4 Å². The summed E-state index contributed by atoms with van der Waals surface area (Å²) in [6.07, 6.45) is -10.9. The van der Waals surface area contributed by atoms with Crippen LogP contribution in [0.5, 0.6) is 11.5 Å². The fraction of sp³-hybridized carbons (Fsp3) is 0.600. The van der Waals surface area contributed by atoms with Crippen molar-refractivity contribution in [3.8, 4) is 11.5 Å². The van der Waals surface area contributed by atoms with Gasteiger partial charge in [0.25, 0.3) is 0 Å². The zero-order valence-electron chi connectivity index (χ0n) is 9.48. The van der Waals surface area contributed by atoms with Crippen molar-refractivity contribution in [2.45, 2.75) is 25.2 Å². The Labute approximate surface area is 108 Å². The highest BCUT2D eigenvalue weighted by Crippen LogP contribution is 2.33. The predicted molar refractivity (Wildman–Crippen MR) is 56.7 cm³/mol. The number of rotatable bonds is 6. The molecule has 0 fully saturated rings. The predicted octanol–water partition coefficient (Wildman–Crippen LogP) is 4.41. The normalized spacial score (nSPS) is 12.5. The van der Waals surface area contributed by atoms with E-state index in [-0.39, 0.29) is 11.5 Å². The first-order valence-corrected chi connectivity index (χ1v) is 6.07. The van der Waals surface area contributed by atoms with Crippen molar-refractivity contribution in [3.63, 3.8) is 0 Å². The summed E-state index contributed by atoms with van der Waals surface area (Å²) in [6, 6.07) is 0. The molecule has 1 aromatic heterocycles. The van der Waals surface area contributed by atoms with Gasteiger partial charge in [-0.3, -0.25) is 0 Å². The first-order valence-electron chi connectivity index (χ1n) is 5.13. The Balaban J connectivity index is 2.38. The SMILES string of the molecule is FC(F)(F)CCOc1cscc1OCCC(F)(F)F. The van der Waals surface area contributed by atoms with Gasteiger partial charge >= 0.3 is 12.4 Å². The number of hydrogen-bond donors (Lipinski definition) is 0. The molecule has 0 radical (unpaired) electrons. The van der Waals surface area contributed by atoms with Crippen LogP contribution in [0.3, 0.4) is 0 Å². The summed E-state index contributed by atoms with van der Waals surface area (Å²) in [5.74, 6) is 0.0489. The lowest BCUT2D eigenvalue weighted by molar-refractivity contribution is -0.141. The number of thiophene rings is 1. The standard InChI is InChI=1S/C10H10F6O2S/c11-9(12,13)1-3-17-7-5-19-6-8(7)18-4-2-10(14,15)16/h5-6H,1-4H2. The maximum Gasteiger partial charge on any atom is 0.392 e. The summed E-state index contributed by atoms with van der Waals surface area (Å²) < 4.78 is 81.0. The maximum atomic E-state index is 11.9. The van der Waals surface area contributed by atoms with E-state index in [4.69, 9.17) is 9.47 Å². The molecule has 0 saturated heterocycles. The molecule has 0 spiro atoms. The minimum absolute atomic E-state index is 0.0245. The molecule has 0 aliphatic rings. The second-order valence-electron chi connectivity index (χ2n) is 3.53. The third-order valence-corrected chi connectivity index (χ3v) is 2.58. The second-order valence-corrected chi connectivity index (χ2v) is 4.27. The minimum Gasteiger partial charge on any atom is -0.488 e. The number of ether oxygens (including phenoxy) is 2. The molecule has 0 aromatic carbocycles. The van der Waals surface area contributed by atoms with Crippen molar-refractivity contribution in [2.24, 2.45) is 0 Å². The van der Waals surface area contributed by atoms with Crippen LogP contribution < -0.4 is 9.47 Å². The van der Waals surface area contributed by atoms with Gasteiger partial charge in [-0.05, 0) is 0 Å². The molecule has 0 saturated carbocycles. The van der Waals surface area contributed by atoms with E-state index >= 15 is 0 Å². The Morgan fingerprint density at radius 2 is 1.16 bits per heavy atom. The fourth-order valence-corrected chi connectivity index (χ4v) is 1.72. The van der Waals surface area contributed by atoms with Crippen molar-refractivity contribution in [3.05, 3.63) is 10.8 Å². The number of hydrogen-bond acceptors (Lipinski definition) is 3. The Hall–Kier alpha value is -1.12. The molecular weight excluding hydrogens is 298 g/mol. The molecule has 110 valence electrons. The van der Waals surface area contributed by atoms with Gasteiger partial charge in [0, 0.05) is 10.8 Å². The third-order valence-electron chi connectivity index (χ3n) is 1.88. The molecule has 0 amide bonds. The molecule has 0 N–H and O–H groups in total. The molecule has 2 nitrogen and oxygen atoms in total. The minimum atomic E-state index is -4.34. The topological polar surface area (TPSA) is 18.5 Å². The van der Waals surface area contributed by atoms with Gasteiger partial charge in [-0.2, -0.15) is 26.3 Å². The largest absolute Gasteiger partial charge is 0.488 e. The first-order chi connectivity index (χ1) is 8.67. The van der Waals surface area contributed by atoms with E-state index in [0.29, 0.717) is 0 Å². The lowest BCUT2D eigenvalue weighted by atomic mass is 10.4. The molecule has 1 aromatic rings. The van der Waals surface area contributed by atoms with Gasteiger partial charge in [0.05, 0.1) is 26.1 Å². The van der Waals surface area contributed by atoms with Gasteiger partial charge in [0.1, 0.15) is 0 Å². The average Bonchev–Trinajstić information content (AvgIpc) is 2.62. The van der Waals surface area contributed by atoms with E-state index in [9.17, 15) is 26.3 Å². The van der Waals surface area contributed by atoms with Gasteiger partial charge in [0.15, 0.2) is 11.5 Å². The summed E-state index contributed by atoms with van der Waals surface area (Å²) in [6.45, 7) is -1.20. The molecule has 0 aliphatic carbocycles. The fourth-order valence-electron chi connectivity index (χ4n) is 1.04. The van der Waals surface area contributed by atoms with E-state index in [1.54, 1.807) is 0 Å². The third kappa shape index (κ3) is 7.14. The molecular formula is C10H10F6O2S. The molecule has 0 atom stereocenters. The zero-order chi connectivity index (χ0) is 14.5. The molecule has 19 heavy (non-hydrogen) atoms. The highest BCUT2D eigenvalue weighted by molar-refractivity contribution is 7.08. The summed E-state index contributed by atoms with van der Waals surface area (Å²) >= 11 is 1.07. The van der Waals surface area contributed by atoms with Gasteiger partial charge in [-0.25, -0.2) is 0 Å². The monoisotopic (exact) mass is 308 g/mol. The number of halogens is 6. The molecule has 0 aliphatic heterocycles. The van der Waals surface area contributed by atoms with Crippen LogP contribution in [0.1, 0.15) is 12.8 Å². The van der Waals surface area contributed by atoms with Gasteiger partial charge in [-0.15, -0.1) is 11.3 Å². The van der Waals surface area contributed by atoms with Crippen LogP contribution in [0.15, 0.2) is 10.8 Å². The van der Waals surface area contributed by atoms with Gasteiger partial charge in [-0.1, -0.05) is 0 Å². The second kappa shape index (κ2) is 6.36. The van der Waals surface area contributed by atoms with Crippen LogP contribution in [0.4, 0.5) is 26.3 Å². The van der Waals surface area contributed by atoms with E-state index in [0.717, 1.165) is 11.3 Å². The van der Waals surface area contributed by atoms with E-state index in [2.05, 4.69) is 0 Å². The Kier molecular flexibility index (Phi) is 5.33. The molecule has 0 unspecified atom stereocenters. The Morgan fingerprint density at radius 1 is 0.789 bits per heavy atom. The maximum absolute atomic E-state index is 11.9. The van der Waals surface area contributed by atoms with E-state index in [1.807, 2.05) is 0 Å². The van der Waals surface area contributed by atoms with Crippen molar-refractivity contribution in [1.29, 1.82) is 0 Å². The van der Waals surface area contributed by atoms with Gasteiger partial charge < -0.3 is 9.47 Å². The zero-order valence-corrected chi connectivity index (χ0v) is 10.3. The molecule has 0 bridgehead atoms. The number of alkyl halides is 6. The summed E-state index contributed by atoms with van der Waals surface area (Å²) in [7, 11) is 0. The summed E-state index contributed by atoms with van der Waals surface area (Å²) in [5, 5.41) is 2.75. The lowest BCUT2D eigenvalue weighted by Crippen LogP contribution is -2.14. The van der Waals surface area contributed by atoms with Crippen molar-refractivity contribution in [2.75, 3.05) is 13.2 Å². The first kappa shape index (κ1) is 15.9. The quantitative estimate of drug-likeness (QED) is 0.725. The molecule has 1 rings (SSSR count). The van der Waals surface area contributed by atoms with Crippen molar-refractivity contribution >= 4 is 11.3 Å². The highest BCUT2D eigenvalue weighted by atomic mass is 32.1. The van der Waals surface area contributed by atoms with Crippen molar-refractivity contribution < 1.29 is 35.8 Å². The Bertz CT molecular complexity index is 350. The summed E-state index contributed by atoms with van der Waals surface area (Å²) in [5.41, 5.74) is 0. The Morgan fingerprint density at radius 3 is 1.47 bits per heavy atom. The molecule has 1 heterocycles. The lowest BCUT2D eigenvalue weighted by Gasteiger charge is -2.11. The summed E-state index contributed by atoms with van der Waals surface area (Å²) in [4.78, 5) is 0. The van der Waals surface area contributed by atoms with Gasteiger partial charge in [0.2, 0.25) is 0 Å². The van der Waals surface area contributed by atoms with Crippen LogP contribution in [0.2, 0.25) is 0 Å². The van der Waals surface area contributed by atoms with Crippen LogP contribution in [0, 0.1) is 0 Å². The van der Waals surface area contributed by atoms with Crippen LogP contribution in [-0.2, 0) is 0 Å². The smallest absolute Gasteiger partial charge is 0.392 e. The van der Waals surface area contributed by atoms with Crippen LogP contribution >= 0.6 is 11.3 Å². The highest BCUT2D eigenvalue weighted by Gasteiger charge is 2.28. The van der Waals surface area contributed by atoms with E-state index in [1.165, 1.54) is 10.8 Å².